The number of ketones is 2. The summed E-state index contributed by atoms with van der Waals surface area (Å²) in [5.74, 6) is -0.718. The molecule has 3 aromatic rings. The molecule has 0 amide bonds. The van der Waals surface area contributed by atoms with Gasteiger partial charge in [-0.15, -0.1) is 0 Å². The van der Waals surface area contributed by atoms with Crippen molar-refractivity contribution in [3.05, 3.63) is 106 Å². The highest BCUT2D eigenvalue weighted by atomic mass is 35.6. The van der Waals surface area contributed by atoms with Gasteiger partial charge < -0.3 is 4.90 Å². The molecule has 0 N–H and O–H groups in total. The molecule has 0 atom stereocenters. The first kappa shape index (κ1) is 22.0. The van der Waals surface area contributed by atoms with Gasteiger partial charge in [0.25, 0.3) is 0 Å². The van der Waals surface area contributed by atoms with Crippen LogP contribution in [0.3, 0.4) is 0 Å². The monoisotopic (exact) mass is 487 g/mol. The van der Waals surface area contributed by atoms with Gasteiger partial charge in [0.15, 0.2) is 11.6 Å². The van der Waals surface area contributed by atoms with Crippen molar-refractivity contribution in [2.75, 3.05) is 11.9 Å². The molecule has 0 saturated carbocycles. The zero-order valence-electron chi connectivity index (χ0n) is 16.3. The van der Waals surface area contributed by atoms with Gasteiger partial charge in [-0.25, -0.2) is 0 Å². The third kappa shape index (κ3) is 4.39. The molecule has 156 valence electrons. The highest BCUT2D eigenvalue weighted by Gasteiger charge is 2.33. The summed E-state index contributed by atoms with van der Waals surface area (Å²) in [6, 6.07) is 22.9. The van der Waals surface area contributed by atoms with Gasteiger partial charge in [0.05, 0.1) is 10.7 Å². The molecule has 7 heteroatoms. The SMILES string of the molecule is CN1/C(=C(\C(=O)c2ccccc2)C(=O)c2ccc(C(Cl)(Cl)Cl)cc2)Sc2ccccc21. The predicted octanol–water partition coefficient (Wildman–Crippen LogP) is 7.03. The van der Waals surface area contributed by atoms with Crippen LogP contribution in [0.2, 0.25) is 0 Å². The minimum atomic E-state index is -1.59. The summed E-state index contributed by atoms with van der Waals surface area (Å²) in [5, 5.41) is 0.588. The number of para-hydroxylation sites is 1. The van der Waals surface area contributed by atoms with E-state index in [2.05, 4.69) is 0 Å². The van der Waals surface area contributed by atoms with E-state index in [1.54, 1.807) is 48.5 Å². The number of benzene rings is 3. The van der Waals surface area contributed by atoms with Crippen molar-refractivity contribution in [1.29, 1.82) is 0 Å². The predicted molar refractivity (Wildman–Crippen MR) is 129 cm³/mol. The lowest BCUT2D eigenvalue weighted by atomic mass is 9.95. The first-order chi connectivity index (χ1) is 14.8. The highest BCUT2D eigenvalue weighted by Crippen LogP contribution is 2.47. The van der Waals surface area contributed by atoms with Gasteiger partial charge in [-0.2, -0.15) is 0 Å². The van der Waals surface area contributed by atoms with Crippen molar-refractivity contribution in [1.82, 2.24) is 0 Å². The van der Waals surface area contributed by atoms with E-state index in [-0.39, 0.29) is 17.1 Å². The third-order valence-corrected chi connectivity index (χ3v) is 6.81. The maximum Gasteiger partial charge on any atom is 0.216 e. The van der Waals surface area contributed by atoms with E-state index in [4.69, 9.17) is 34.8 Å². The van der Waals surface area contributed by atoms with E-state index >= 15 is 0 Å². The van der Waals surface area contributed by atoms with Gasteiger partial charge >= 0.3 is 0 Å². The van der Waals surface area contributed by atoms with Crippen molar-refractivity contribution >= 4 is 63.8 Å². The van der Waals surface area contributed by atoms with E-state index in [1.165, 1.54) is 11.8 Å². The second kappa shape index (κ2) is 8.71. The van der Waals surface area contributed by atoms with E-state index in [1.807, 2.05) is 42.3 Å². The summed E-state index contributed by atoms with van der Waals surface area (Å²) in [6.45, 7) is 0. The topological polar surface area (TPSA) is 37.4 Å². The Morgan fingerprint density at radius 3 is 1.90 bits per heavy atom. The van der Waals surface area contributed by atoms with E-state index < -0.39 is 3.79 Å². The largest absolute Gasteiger partial charge is 0.337 e. The number of hydrogen-bond acceptors (Lipinski definition) is 4. The fourth-order valence-corrected chi connectivity index (χ4v) is 4.87. The number of allylic oxidation sites excluding steroid dienone is 1. The molecule has 0 spiro atoms. The van der Waals surface area contributed by atoms with Crippen LogP contribution in [0, 0.1) is 0 Å². The Kier molecular flexibility index (Phi) is 6.18. The normalized spacial score (nSPS) is 14.9. The van der Waals surface area contributed by atoms with Gasteiger partial charge in [0.2, 0.25) is 3.79 Å². The first-order valence-corrected chi connectivity index (χ1v) is 11.3. The lowest BCUT2D eigenvalue weighted by molar-refractivity contribution is 0.0961. The zero-order valence-corrected chi connectivity index (χ0v) is 19.4. The average molecular weight is 489 g/mol. The number of carbonyl (C=O) groups excluding carboxylic acids is 2. The third-order valence-electron chi connectivity index (χ3n) is 4.92. The molecule has 0 bridgehead atoms. The van der Waals surface area contributed by atoms with Crippen molar-refractivity contribution < 1.29 is 9.59 Å². The molecule has 31 heavy (non-hydrogen) atoms. The molecule has 0 saturated heterocycles. The van der Waals surface area contributed by atoms with Crippen LogP contribution in [0.25, 0.3) is 0 Å². The van der Waals surface area contributed by atoms with Crippen molar-refractivity contribution in [2.24, 2.45) is 0 Å². The minimum absolute atomic E-state index is 0.108. The molecule has 4 rings (SSSR count). The number of hydrogen-bond donors (Lipinski definition) is 0. The van der Waals surface area contributed by atoms with Crippen LogP contribution in [-0.4, -0.2) is 18.6 Å². The van der Waals surface area contributed by atoms with E-state index in [9.17, 15) is 9.59 Å². The summed E-state index contributed by atoms with van der Waals surface area (Å²) >= 11 is 19.2. The molecule has 0 aliphatic carbocycles. The van der Waals surface area contributed by atoms with Gasteiger partial charge in [-0.1, -0.05) is 113 Å². The fraction of sp³-hybridized carbons (Fsp3) is 0.0833. The number of halogens is 3. The Morgan fingerprint density at radius 2 is 1.32 bits per heavy atom. The summed E-state index contributed by atoms with van der Waals surface area (Å²) in [6.07, 6.45) is 0. The van der Waals surface area contributed by atoms with Crippen molar-refractivity contribution in [3.63, 3.8) is 0 Å². The van der Waals surface area contributed by atoms with Crippen molar-refractivity contribution in [3.8, 4) is 0 Å². The second-order valence-electron chi connectivity index (χ2n) is 6.91. The Morgan fingerprint density at radius 1 is 0.774 bits per heavy atom. The Bertz CT molecular complexity index is 1190. The first-order valence-electron chi connectivity index (χ1n) is 9.34. The van der Waals surface area contributed by atoms with E-state index in [0.29, 0.717) is 21.7 Å². The maximum atomic E-state index is 13.6. The standard InChI is InChI=1S/C24H16Cl3NO2S/c1-28-18-9-5-6-10-19(18)31-23(28)20(21(29)15-7-3-2-4-8-15)22(30)16-11-13-17(14-12-16)24(25,26)27/h2-14H,1H3/b23-20-. The average Bonchev–Trinajstić information content (AvgIpc) is 3.10. The molecule has 3 aromatic carbocycles. The van der Waals surface area contributed by atoms with Gasteiger partial charge in [0, 0.05) is 28.6 Å². The molecule has 0 aromatic heterocycles. The molecule has 1 aliphatic heterocycles. The number of anilines is 1. The molecule has 0 fully saturated rings. The summed E-state index contributed by atoms with van der Waals surface area (Å²) in [5.41, 5.74) is 2.28. The van der Waals surface area contributed by atoms with Crippen LogP contribution < -0.4 is 4.90 Å². The van der Waals surface area contributed by atoms with Crippen LogP contribution in [0.5, 0.6) is 0 Å². The van der Waals surface area contributed by atoms with Crippen LogP contribution in [-0.2, 0) is 3.79 Å². The molecule has 0 radical (unpaired) electrons. The zero-order chi connectivity index (χ0) is 22.2. The van der Waals surface area contributed by atoms with E-state index in [0.717, 1.165) is 10.6 Å². The quantitative estimate of drug-likeness (QED) is 0.130. The van der Waals surface area contributed by atoms with Crippen LogP contribution >= 0.6 is 46.6 Å². The molecule has 0 unspecified atom stereocenters. The maximum absolute atomic E-state index is 13.6. The minimum Gasteiger partial charge on any atom is -0.337 e. The number of nitrogens with zero attached hydrogens (tertiary/aromatic N) is 1. The highest BCUT2D eigenvalue weighted by molar-refractivity contribution is 8.03. The molecular formula is C24H16Cl3NO2S. The lowest BCUT2D eigenvalue weighted by Gasteiger charge is -2.18. The van der Waals surface area contributed by atoms with Gasteiger partial charge in [-0.05, 0) is 12.1 Å². The Labute approximate surface area is 199 Å². The summed E-state index contributed by atoms with van der Waals surface area (Å²) in [4.78, 5) is 29.9. The fourth-order valence-electron chi connectivity index (χ4n) is 3.31. The lowest BCUT2D eigenvalue weighted by Crippen LogP contribution is -2.22. The molecule has 1 aliphatic rings. The molecule has 1 heterocycles. The number of Topliss-reactive ketones (excluding diaryl/α,β-unsaturated/α-hetero) is 2. The molecule has 3 nitrogen and oxygen atoms in total. The molecular weight excluding hydrogens is 473 g/mol. The van der Waals surface area contributed by atoms with Crippen LogP contribution in [0.4, 0.5) is 5.69 Å². The summed E-state index contributed by atoms with van der Waals surface area (Å²) in [7, 11) is 1.85. The number of alkyl halides is 3. The van der Waals surface area contributed by atoms with Crippen molar-refractivity contribution in [2.45, 2.75) is 8.69 Å². The number of fused-ring (bicyclic) bond motifs is 1. The van der Waals surface area contributed by atoms with Crippen LogP contribution in [0.15, 0.2) is 94.4 Å². The van der Waals surface area contributed by atoms with Gasteiger partial charge in [0.1, 0.15) is 5.57 Å². The smallest absolute Gasteiger partial charge is 0.216 e. The summed E-state index contributed by atoms with van der Waals surface area (Å²) < 4.78 is -1.59. The number of rotatable bonds is 4. The Balaban J connectivity index is 1.82. The number of carbonyl (C=O) groups is 2. The second-order valence-corrected chi connectivity index (χ2v) is 10.2. The van der Waals surface area contributed by atoms with Gasteiger partial charge in [-0.3, -0.25) is 9.59 Å². The number of thioether (sulfide) groups is 1. The van der Waals surface area contributed by atoms with Crippen LogP contribution in [0.1, 0.15) is 26.3 Å². The Hall–Kier alpha value is -2.24.